The second-order valence-corrected chi connectivity index (χ2v) is 8.66. The number of nitrogens with zero attached hydrogens (tertiary/aromatic N) is 3. The first kappa shape index (κ1) is 22.3. The molecule has 1 aromatic heterocycles. The number of aliphatic carboxylic acids is 1. The Labute approximate surface area is 159 Å². The number of carboxylic acid groups (broad SMARTS) is 1. The Bertz CT molecular complexity index is 881. The topological polar surface area (TPSA) is 122 Å². The summed E-state index contributed by atoms with van der Waals surface area (Å²) in [5, 5.41) is 6.87. The smallest absolute Gasteiger partial charge is 0.475 e. The molecule has 1 aromatic rings. The largest absolute Gasteiger partial charge is 0.490 e. The second-order valence-electron chi connectivity index (χ2n) is 6.61. The van der Waals surface area contributed by atoms with Crippen LogP contribution in [0.2, 0.25) is 0 Å². The third-order valence-electron chi connectivity index (χ3n) is 4.13. The molecular formula is C15H21F3N4O5S. The Kier molecular flexibility index (Phi) is 6.83. The summed E-state index contributed by atoms with van der Waals surface area (Å²) in [5.74, 6) is -2.05. The van der Waals surface area contributed by atoms with Gasteiger partial charge in [-0.15, -0.1) is 0 Å². The molecule has 3 rings (SSSR count). The number of carboxylic acids is 1. The summed E-state index contributed by atoms with van der Waals surface area (Å²) >= 11 is 0. The van der Waals surface area contributed by atoms with Crippen LogP contribution in [0.4, 0.5) is 13.2 Å². The molecule has 9 nitrogen and oxygen atoms in total. The number of carbonyl (C=O) groups is 1. The van der Waals surface area contributed by atoms with E-state index in [0.29, 0.717) is 24.6 Å². The van der Waals surface area contributed by atoms with Crippen LogP contribution in [0.5, 0.6) is 0 Å². The maximum atomic E-state index is 12.1. The van der Waals surface area contributed by atoms with Gasteiger partial charge in [-0.05, 0) is 26.3 Å². The quantitative estimate of drug-likeness (QED) is 0.710. The number of fused-ring (bicyclic) bond motifs is 1. The molecule has 0 spiro atoms. The van der Waals surface area contributed by atoms with Gasteiger partial charge in [0.15, 0.2) is 0 Å². The minimum atomic E-state index is -5.08. The average Bonchev–Trinajstić information content (AvgIpc) is 3.40. The fourth-order valence-electron chi connectivity index (χ4n) is 2.55. The Balaban J connectivity index is 0.000000345. The number of nitrogens with one attached hydrogen (secondary N) is 1. The van der Waals surface area contributed by atoms with Gasteiger partial charge in [0.25, 0.3) is 5.56 Å². The van der Waals surface area contributed by atoms with Gasteiger partial charge in [-0.3, -0.25) is 14.3 Å². The minimum absolute atomic E-state index is 0.0889. The highest BCUT2D eigenvalue weighted by Gasteiger charge is 2.38. The van der Waals surface area contributed by atoms with E-state index in [1.807, 2.05) is 7.05 Å². The van der Waals surface area contributed by atoms with Crippen LogP contribution in [0.3, 0.4) is 0 Å². The van der Waals surface area contributed by atoms with E-state index in [1.165, 1.54) is 6.07 Å². The van der Waals surface area contributed by atoms with Crippen molar-refractivity contribution in [3.8, 4) is 0 Å². The van der Waals surface area contributed by atoms with Crippen molar-refractivity contribution in [2.24, 2.45) is 0 Å². The van der Waals surface area contributed by atoms with E-state index in [1.54, 1.807) is 4.57 Å². The van der Waals surface area contributed by atoms with Crippen molar-refractivity contribution in [1.82, 2.24) is 19.2 Å². The molecule has 0 radical (unpaired) electrons. The van der Waals surface area contributed by atoms with E-state index in [9.17, 15) is 26.4 Å². The van der Waals surface area contributed by atoms with Crippen molar-refractivity contribution in [2.45, 2.75) is 50.3 Å². The van der Waals surface area contributed by atoms with Gasteiger partial charge in [-0.1, -0.05) is 0 Å². The Hall–Kier alpha value is -1.99. The average molecular weight is 426 g/mol. The maximum Gasteiger partial charge on any atom is 0.490 e. The molecule has 1 aliphatic heterocycles. The van der Waals surface area contributed by atoms with Crippen molar-refractivity contribution in [1.29, 1.82) is 0 Å². The van der Waals surface area contributed by atoms with Crippen molar-refractivity contribution >= 4 is 16.0 Å². The lowest BCUT2D eigenvalue weighted by Crippen LogP contribution is -2.30. The van der Waals surface area contributed by atoms with Gasteiger partial charge < -0.3 is 5.11 Å². The Morgan fingerprint density at radius 1 is 1.36 bits per heavy atom. The molecule has 0 amide bonds. The van der Waals surface area contributed by atoms with Gasteiger partial charge in [0.1, 0.15) is 5.82 Å². The van der Waals surface area contributed by atoms with Crippen LogP contribution in [0.15, 0.2) is 10.9 Å². The molecule has 0 saturated heterocycles. The van der Waals surface area contributed by atoms with Crippen LogP contribution < -0.4 is 10.3 Å². The number of sulfonamides is 1. The Morgan fingerprint density at radius 2 is 1.96 bits per heavy atom. The lowest BCUT2D eigenvalue weighted by molar-refractivity contribution is -0.192. The van der Waals surface area contributed by atoms with E-state index < -0.39 is 22.2 Å². The molecule has 158 valence electrons. The van der Waals surface area contributed by atoms with E-state index in [2.05, 4.69) is 14.6 Å². The second kappa shape index (κ2) is 8.57. The van der Waals surface area contributed by atoms with Gasteiger partial charge in [-0.25, -0.2) is 22.9 Å². The molecule has 0 unspecified atom stereocenters. The van der Waals surface area contributed by atoms with Crippen molar-refractivity contribution in [3.63, 3.8) is 0 Å². The predicted molar refractivity (Wildman–Crippen MR) is 91.9 cm³/mol. The van der Waals surface area contributed by atoms with Crippen LogP contribution >= 0.6 is 0 Å². The van der Waals surface area contributed by atoms with Crippen molar-refractivity contribution < 1.29 is 31.5 Å². The summed E-state index contributed by atoms with van der Waals surface area (Å²) in [6.45, 7) is 2.29. The number of halogens is 3. The molecule has 2 aliphatic rings. The fourth-order valence-corrected chi connectivity index (χ4v) is 3.89. The maximum absolute atomic E-state index is 12.1. The van der Waals surface area contributed by atoms with E-state index in [0.717, 1.165) is 25.8 Å². The lowest BCUT2D eigenvalue weighted by atomic mass is 10.3. The number of hydrogen-bond acceptors (Lipinski definition) is 6. The molecule has 0 bridgehead atoms. The van der Waals surface area contributed by atoms with Crippen LogP contribution in [-0.4, -0.2) is 59.0 Å². The summed E-state index contributed by atoms with van der Waals surface area (Å²) in [7, 11) is -1.26. The van der Waals surface area contributed by atoms with E-state index in [4.69, 9.17) is 9.90 Å². The van der Waals surface area contributed by atoms with Gasteiger partial charge in [0.2, 0.25) is 10.0 Å². The molecular weight excluding hydrogens is 405 g/mol. The summed E-state index contributed by atoms with van der Waals surface area (Å²) < 4.78 is 59.6. The zero-order valence-corrected chi connectivity index (χ0v) is 15.9. The fraction of sp³-hybridized carbons (Fsp3) is 0.667. The molecule has 1 aliphatic carbocycles. The summed E-state index contributed by atoms with van der Waals surface area (Å²) in [4.78, 5) is 27.6. The van der Waals surface area contributed by atoms with Crippen molar-refractivity contribution in [3.05, 3.63) is 27.9 Å². The molecule has 2 N–H and O–H groups in total. The Morgan fingerprint density at radius 3 is 2.50 bits per heavy atom. The van der Waals surface area contributed by atoms with E-state index >= 15 is 0 Å². The lowest BCUT2D eigenvalue weighted by Gasteiger charge is -2.13. The monoisotopic (exact) mass is 426 g/mol. The number of rotatable bonds is 4. The van der Waals surface area contributed by atoms with Gasteiger partial charge in [0, 0.05) is 19.2 Å². The van der Waals surface area contributed by atoms with E-state index in [-0.39, 0.29) is 17.4 Å². The summed E-state index contributed by atoms with van der Waals surface area (Å²) in [6, 6.07) is 1.43. The third-order valence-corrected chi connectivity index (χ3v) is 6.03. The SMILES string of the molecule is CN1CCCn2c(nc(CNS(=O)(=O)C3CC3)cc2=O)C1.O=C(O)C(F)(F)F. The highest BCUT2D eigenvalue weighted by molar-refractivity contribution is 7.90. The molecule has 1 saturated carbocycles. The van der Waals surface area contributed by atoms with Gasteiger partial charge in [0.05, 0.1) is 24.0 Å². The summed E-state index contributed by atoms with van der Waals surface area (Å²) in [5.41, 5.74) is 0.390. The van der Waals surface area contributed by atoms with Crippen LogP contribution in [0, 0.1) is 0 Å². The normalized spacial score (nSPS) is 17.9. The molecule has 2 heterocycles. The first-order chi connectivity index (χ1) is 12.9. The highest BCUT2D eigenvalue weighted by Crippen LogP contribution is 2.27. The molecule has 0 atom stereocenters. The first-order valence-corrected chi connectivity index (χ1v) is 10.0. The van der Waals surface area contributed by atoms with Crippen LogP contribution in [0.1, 0.15) is 30.8 Å². The minimum Gasteiger partial charge on any atom is -0.475 e. The third kappa shape index (κ3) is 6.27. The van der Waals surface area contributed by atoms with Crippen LogP contribution in [-0.2, 0) is 34.5 Å². The zero-order chi connectivity index (χ0) is 21.1. The predicted octanol–water partition coefficient (Wildman–Crippen LogP) is 0.294. The van der Waals surface area contributed by atoms with Crippen LogP contribution in [0.25, 0.3) is 0 Å². The zero-order valence-electron chi connectivity index (χ0n) is 15.1. The summed E-state index contributed by atoms with van der Waals surface area (Å²) in [6.07, 6.45) is -2.72. The molecule has 13 heteroatoms. The number of aromatic nitrogens is 2. The van der Waals surface area contributed by atoms with Crippen molar-refractivity contribution in [2.75, 3.05) is 13.6 Å². The van der Waals surface area contributed by atoms with Gasteiger partial charge in [-0.2, -0.15) is 13.2 Å². The highest BCUT2D eigenvalue weighted by atomic mass is 32.2. The molecule has 1 fully saturated rings. The van der Waals surface area contributed by atoms with Gasteiger partial charge >= 0.3 is 12.1 Å². The standard InChI is InChI=1S/C13H20N4O3S.C2HF3O2/c1-16-5-2-6-17-12(9-16)15-10(7-13(17)18)8-14-21(19,20)11-3-4-11;3-2(4,5)1(6)7/h7,11,14H,2-6,8-9H2,1H3;(H,6,7). The number of hydrogen-bond donors (Lipinski definition) is 2. The molecule has 28 heavy (non-hydrogen) atoms. The number of alkyl halides is 3. The first-order valence-electron chi connectivity index (χ1n) is 8.47. The molecule has 0 aromatic carbocycles.